The minimum atomic E-state index is 0.709. The highest BCUT2D eigenvalue weighted by Gasteiger charge is 2.25. The highest BCUT2D eigenvalue weighted by Crippen LogP contribution is 2.32. The van der Waals surface area contributed by atoms with E-state index in [4.69, 9.17) is 4.98 Å². The first-order chi connectivity index (χ1) is 13.4. The topological polar surface area (TPSA) is 69.7 Å². The summed E-state index contributed by atoms with van der Waals surface area (Å²) in [6.45, 7) is 2.76. The Balaban J connectivity index is 1.42. The first-order valence-corrected chi connectivity index (χ1v) is 10.1. The van der Waals surface area contributed by atoms with Gasteiger partial charge in [-0.1, -0.05) is 49.6 Å². The quantitative estimate of drug-likeness (QED) is 0.720. The predicted octanol–water partition coefficient (Wildman–Crippen LogP) is 3.91. The van der Waals surface area contributed by atoms with Gasteiger partial charge >= 0.3 is 0 Å². The average Bonchev–Trinajstić information content (AvgIpc) is 3.14. The van der Waals surface area contributed by atoms with Crippen LogP contribution in [0.15, 0.2) is 30.3 Å². The van der Waals surface area contributed by atoms with Crippen LogP contribution in [0.3, 0.4) is 0 Å². The summed E-state index contributed by atoms with van der Waals surface area (Å²) in [5.41, 5.74) is 3.23. The molecule has 0 amide bonds. The number of benzene rings is 1. The van der Waals surface area contributed by atoms with Gasteiger partial charge in [0.05, 0.1) is 11.1 Å². The molecule has 5 rings (SSSR count). The molecule has 1 saturated carbocycles. The minimum Gasteiger partial charge on any atom is -0.354 e. The van der Waals surface area contributed by atoms with Gasteiger partial charge in [0, 0.05) is 26.1 Å². The third-order valence-electron chi connectivity index (χ3n) is 5.89. The van der Waals surface area contributed by atoms with Crippen LogP contribution in [0, 0.1) is 5.92 Å². The summed E-state index contributed by atoms with van der Waals surface area (Å²) in [4.78, 5) is 11.9. The third-order valence-corrected chi connectivity index (χ3v) is 5.89. The number of aromatic amines is 1. The lowest BCUT2D eigenvalue weighted by Crippen LogP contribution is -2.30. The number of nitrogens with zero attached hydrogens (tertiary/aromatic N) is 4. The maximum Gasteiger partial charge on any atom is 0.226 e. The molecule has 0 unspecified atom stereocenters. The van der Waals surface area contributed by atoms with Crippen molar-refractivity contribution in [1.29, 1.82) is 0 Å². The lowest BCUT2D eigenvalue weighted by atomic mass is 9.89. The second-order valence-electron chi connectivity index (χ2n) is 7.81. The number of anilines is 2. The van der Waals surface area contributed by atoms with Crippen molar-refractivity contribution in [3.8, 4) is 0 Å². The van der Waals surface area contributed by atoms with Crippen molar-refractivity contribution >= 4 is 22.8 Å². The maximum atomic E-state index is 4.91. The average molecular weight is 362 g/mol. The number of H-pyrrole nitrogens is 1. The first-order valence-electron chi connectivity index (χ1n) is 10.1. The van der Waals surface area contributed by atoms with E-state index in [1.807, 2.05) is 0 Å². The van der Waals surface area contributed by atoms with Gasteiger partial charge in [-0.3, -0.25) is 5.10 Å². The highest BCUT2D eigenvalue weighted by molar-refractivity contribution is 5.91. The van der Waals surface area contributed by atoms with Gasteiger partial charge < -0.3 is 10.2 Å². The molecule has 3 heterocycles. The van der Waals surface area contributed by atoms with Gasteiger partial charge in [0.1, 0.15) is 5.82 Å². The lowest BCUT2D eigenvalue weighted by molar-refractivity contribution is 0.373. The summed E-state index contributed by atoms with van der Waals surface area (Å²) < 4.78 is 0. The van der Waals surface area contributed by atoms with E-state index >= 15 is 0 Å². The van der Waals surface area contributed by atoms with Crippen LogP contribution in [0.2, 0.25) is 0 Å². The van der Waals surface area contributed by atoms with E-state index in [2.05, 4.69) is 55.7 Å². The molecular formula is C21H26N6. The Morgan fingerprint density at radius 2 is 1.93 bits per heavy atom. The molecule has 1 fully saturated rings. The third kappa shape index (κ3) is 3.36. The van der Waals surface area contributed by atoms with Crippen LogP contribution < -0.4 is 10.2 Å². The van der Waals surface area contributed by atoms with Crippen LogP contribution in [-0.4, -0.2) is 33.3 Å². The van der Waals surface area contributed by atoms with Gasteiger partial charge in [0.2, 0.25) is 5.95 Å². The van der Waals surface area contributed by atoms with Gasteiger partial charge in [0.25, 0.3) is 0 Å². The molecule has 140 valence electrons. The molecule has 1 aliphatic carbocycles. The molecule has 0 atom stereocenters. The summed E-state index contributed by atoms with van der Waals surface area (Å²) in [7, 11) is 0. The first kappa shape index (κ1) is 16.5. The molecule has 27 heavy (non-hydrogen) atoms. The van der Waals surface area contributed by atoms with E-state index < -0.39 is 0 Å². The van der Waals surface area contributed by atoms with Crippen LogP contribution in [-0.2, 0) is 13.0 Å². The Hall–Kier alpha value is -2.63. The Morgan fingerprint density at radius 1 is 1.07 bits per heavy atom. The Morgan fingerprint density at radius 3 is 2.78 bits per heavy atom. The summed E-state index contributed by atoms with van der Waals surface area (Å²) in [5.74, 6) is 2.45. The van der Waals surface area contributed by atoms with Gasteiger partial charge in [0.15, 0.2) is 5.65 Å². The second-order valence-corrected chi connectivity index (χ2v) is 7.81. The molecule has 2 aliphatic rings. The van der Waals surface area contributed by atoms with Gasteiger partial charge in [-0.2, -0.15) is 15.1 Å². The lowest BCUT2D eigenvalue weighted by Gasteiger charge is -2.28. The van der Waals surface area contributed by atoms with Crippen LogP contribution >= 0.6 is 0 Å². The molecule has 1 aliphatic heterocycles. The van der Waals surface area contributed by atoms with Crippen LogP contribution in [0.4, 0.5) is 11.8 Å². The number of nitrogens with one attached hydrogen (secondary N) is 2. The Kier molecular flexibility index (Phi) is 4.40. The number of aromatic nitrogens is 4. The molecule has 1 aromatic carbocycles. The van der Waals surface area contributed by atoms with E-state index in [9.17, 15) is 0 Å². The molecule has 6 heteroatoms. The van der Waals surface area contributed by atoms with Gasteiger partial charge in [-0.15, -0.1) is 0 Å². The minimum absolute atomic E-state index is 0.709. The fourth-order valence-electron chi connectivity index (χ4n) is 4.39. The molecule has 2 aromatic heterocycles. The fourth-order valence-corrected chi connectivity index (χ4v) is 4.39. The normalized spacial score (nSPS) is 17.4. The van der Waals surface area contributed by atoms with E-state index in [-0.39, 0.29) is 0 Å². The fraction of sp³-hybridized carbons (Fsp3) is 0.476. The zero-order valence-corrected chi connectivity index (χ0v) is 15.6. The standard InChI is InChI=1S/C21H26N6/c1-3-7-15(8-4-1)13-22-21-23-19-18-17(25-26-19)11-12-27(20(18)24-21)14-16-9-5-2-6-10-16/h2,5-6,9-10,15H,1,3-4,7-8,11-14H2,(H2,22,23,24,25,26). The van der Waals surface area contributed by atoms with Gasteiger partial charge in [-0.05, 0) is 24.3 Å². The van der Waals surface area contributed by atoms with E-state index in [1.165, 1.54) is 37.7 Å². The van der Waals surface area contributed by atoms with Crippen LogP contribution in [0.25, 0.3) is 11.0 Å². The van der Waals surface area contributed by atoms with Gasteiger partial charge in [-0.25, -0.2) is 0 Å². The monoisotopic (exact) mass is 362 g/mol. The molecule has 0 bridgehead atoms. The Labute approximate surface area is 159 Å². The van der Waals surface area contributed by atoms with Crippen molar-refractivity contribution in [1.82, 2.24) is 20.2 Å². The Bertz CT molecular complexity index is 913. The predicted molar refractivity (Wildman–Crippen MR) is 108 cm³/mol. The molecule has 6 nitrogen and oxygen atoms in total. The van der Waals surface area contributed by atoms with Crippen molar-refractivity contribution < 1.29 is 0 Å². The smallest absolute Gasteiger partial charge is 0.226 e. The molecule has 0 radical (unpaired) electrons. The zero-order valence-electron chi connectivity index (χ0n) is 15.6. The molecule has 2 N–H and O–H groups in total. The summed E-state index contributed by atoms with van der Waals surface area (Å²) in [6.07, 6.45) is 7.67. The number of hydrogen-bond acceptors (Lipinski definition) is 5. The van der Waals surface area contributed by atoms with Crippen molar-refractivity contribution in [2.24, 2.45) is 5.92 Å². The van der Waals surface area contributed by atoms with Crippen molar-refractivity contribution in [3.05, 3.63) is 41.6 Å². The molecule has 3 aromatic rings. The summed E-state index contributed by atoms with van der Waals surface area (Å²) in [6, 6.07) is 10.6. The molecular weight excluding hydrogens is 336 g/mol. The van der Waals surface area contributed by atoms with Crippen LogP contribution in [0.5, 0.6) is 0 Å². The number of rotatable bonds is 5. The maximum absolute atomic E-state index is 4.91. The van der Waals surface area contributed by atoms with Crippen molar-refractivity contribution in [2.75, 3.05) is 23.3 Å². The van der Waals surface area contributed by atoms with E-state index in [0.29, 0.717) is 5.95 Å². The SMILES string of the molecule is c1ccc(CN2CCc3[nH]nc4nc(NCC5CCCCC5)nc2c34)cc1. The van der Waals surface area contributed by atoms with Crippen LogP contribution in [0.1, 0.15) is 43.4 Å². The van der Waals surface area contributed by atoms with E-state index in [0.717, 1.165) is 54.5 Å². The zero-order chi connectivity index (χ0) is 18.1. The largest absolute Gasteiger partial charge is 0.354 e. The number of hydrogen-bond donors (Lipinski definition) is 2. The highest BCUT2D eigenvalue weighted by atomic mass is 15.3. The van der Waals surface area contributed by atoms with Crippen molar-refractivity contribution in [2.45, 2.75) is 45.1 Å². The van der Waals surface area contributed by atoms with E-state index in [1.54, 1.807) is 0 Å². The summed E-state index contributed by atoms with van der Waals surface area (Å²) in [5, 5.41) is 12.2. The molecule has 0 saturated heterocycles. The molecule has 0 spiro atoms. The second kappa shape index (κ2) is 7.18. The van der Waals surface area contributed by atoms with Crippen molar-refractivity contribution in [3.63, 3.8) is 0 Å². The summed E-state index contributed by atoms with van der Waals surface area (Å²) >= 11 is 0.